The van der Waals surface area contributed by atoms with Crippen LogP contribution in [0, 0.1) is 5.82 Å². The van der Waals surface area contributed by atoms with Gasteiger partial charge in [0.15, 0.2) is 4.34 Å². The maximum Gasteiger partial charge on any atom is 0.230 e. The highest BCUT2D eigenvalue weighted by Gasteiger charge is 2.10. The Balaban J connectivity index is 1.74. The lowest BCUT2D eigenvalue weighted by Gasteiger charge is -2.11. The number of nitrogens with zero attached hydrogens (tertiary/aromatic N) is 2. The maximum absolute atomic E-state index is 12.8. The largest absolute Gasteiger partial charge is 0.383 e. The fourth-order valence-corrected chi connectivity index (χ4v) is 3.41. The van der Waals surface area contributed by atoms with Gasteiger partial charge in [-0.1, -0.05) is 35.2 Å². The molecular formula is C15H19FN4O2S2. The summed E-state index contributed by atoms with van der Waals surface area (Å²) >= 11 is 2.71. The number of carbonyl (C=O) groups excluding carboxylic acids is 1. The van der Waals surface area contributed by atoms with Crippen LogP contribution < -0.4 is 10.6 Å². The lowest BCUT2D eigenvalue weighted by atomic mass is 10.2. The van der Waals surface area contributed by atoms with Crippen molar-refractivity contribution in [2.24, 2.45) is 0 Å². The van der Waals surface area contributed by atoms with Gasteiger partial charge in [-0.25, -0.2) is 4.39 Å². The number of aromatic nitrogens is 2. The van der Waals surface area contributed by atoms with Crippen LogP contribution in [0.3, 0.4) is 0 Å². The number of anilines is 1. The molecule has 0 saturated heterocycles. The fourth-order valence-electron chi connectivity index (χ4n) is 1.85. The second-order valence-electron chi connectivity index (χ2n) is 5.07. The van der Waals surface area contributed by atoms with E-state index in [9.17, 15) is 9.18 Å². The third-order valence-corrected chi connectivity index (χ3v) is 4.93. The minimum absolute atomic E-state index is 0.0227. The van der Waals surface area contributed by atoms with Crippen molar-refractivity contribution in [2.45, 2.75) is 23.8 Å². The number of halogens is 1. The molecule has 1 unspecified atom stereocenters. The number of carbonyl (C=O) groups is 1. The quantitative estimate of drug-likeness (QED) is 0.661. The van der Waals surface area contributed by atoms with E-state index in [0.29, 0.717) is 22.6 Å². The molecule has 130 valence electrons. The second-order valence-corrected chi connectivity index (χ2v) is 7.27. The SMILES string of the molecule is COCC(C)NC(=O)CSc1nnc(NCc2ccc(F)cc2)s1. The summed E-state index contributed by atoms with van der Waals surface area (Å²) in [5, 5.41) is 14.7. The van der Waals surface area contributed by atoms with Crippen LogP contribution in [0.1, 0.15) is 12.5 Å². The van der Waals surface area contributed by atoms with Gasteiger partial charge in [0.05, 0.1) is 12.4 Å². The molecular weight excluding hydrogens is 351 g/mol. The molecule has 2 rings (SSSR count). The Hall–Kier alpha value is -1.71. The average molecular weight is 370 g/mol. The molecule has 0 radical (unpaired) electrons. The van der Waals surface area contributed by atoms with Gasteiger partial charge in [-0.2, -0.15) is 0 Å². The number of hydrogen-bond donors (Lipinski definition) is 2. The first-order valence-corrected chi connectivity index (χ1v) is 9.10. The first kappa shape index (κ1) is 18.6. The molecule has 1 aromatic carbocycles. The topological polar surface area (TPSA) is 76.1 Å². The highest BCUT2D eigenvalue weighted by Crippen LogP contribution is 2.25. The van der Waals surface area contributed by atoms with Crippen molar-refractivity contribution in [3.63, 3.8) is 0 Å². The Bertz CT molecular complexity index is 651. The van der Waals surface area contributed by atoms with Crippen molar-refractivity contribution in [3.8, 4) is 0 Å². The van der Waals surface area contributed by atoms with Crippen molar-refractivity contribution in [3.05, 3.63) is 35.6 Å². The summed E-state index contributed by atoms with van der Waals surface area (Å²) < 4.78 is 18.5. The van der Waals surface area contributed by atoms with E-state index in [0.717, 1.165) is 5.56 Å². The molecule has 1 heterocycles. The van der Waals surface area contributed by atoms with Crippen molar-refractivity contribution in [1.82, 2.24) is 15.5 Å². The van der Waals surface area contributed by atoms with Gasteiger partial charge < -0.3 is 15.4 Å². The summed E-state index contributed by atoms with van der Waals surface area (Å²) in [5.41, 5.74) is 0.951. The third-order valence-electron chi connectivity index (χ3n) is 2.91. The van der Waals surface area contributed by atoms with Crippen molar-refractivity contribution in [2.75, 3.05) is 24.8 Å². The molecule has 0 fully saturated rings. The standard InChI is InChI=1S/C15H19FN4O2S2/c1-10(8-22-2)18-13(21)9-23-15-20-19-14(24-15)17-7-11-3-5-12(16)6-4-11/h3-6,10H,7-9H2,1-2H3,(H,17,19)(H,18,21). The molecule has 2 N–H and O–H groups in total. The van der Waals surface area contributed by atoms with Crippen LogP contribution in [-0.4, -0.2) is 41.6 Å². The molecule has 1 atom stereocenters. The molecule has 0 spiro atoms. The molecule has 6 nitrogen and oxygen atoms in total. The molecule has 1 aromatic heterocycles. The molecule has 1 amide bonds. The summed E-state index contributed by atoms with van der Waals surface area (Å²) in [6.45, 7) is 2.90. The van der Waals surface area contributed by atoms with Gasteiger partial charge in [-0.05, 0) is 24.6 Å². The zero-order valence-electron chi connectivity index (χ0n) is 13.4. The summed E-state index contributed by atoms with van der Waals surface area (Å²) in [4.78, 5) is 11.8. The van der Waals surface area contributed by atoms with E-state index in [4.69, 9.17) is 4.74 Å². The second kappa shape index (κ2) is 9.55. The number of thioether (sulfide) groups is 1. The van der Waals surface area contributed by atoms with Gasteiger partial charge in [-0.15, -0.1) is 10.2 Å². The molecule has 0 saturated carbocycles. The van der Waals surface area contributed by atoms with Gasteiger partial charge in [0.25, 0.3) is 0 Å². The lowest BCUT2D eigenvalue weighted by Crippen LogP contribution is -2.36. The normalized spacial score (nSPS) is 12.0. The number of ether oxygens (including phenoxy) is 1. The highest BCUT2D eigenvalue weighted by atomic mass is 32.2. The van der Waals surface area contributed by atoms with Crippen LogP contribution in [0.15, 0.2) is 28.6 Å². The summed E-state index contributed by atoms with van der Waals surface area (Å²) in [6, 6.07) is 6.24. The van der Waals surface area contributed by atoms with E-state index >= 15 is 0 Å². The van der Waals surface area contributed by atoms with Gasteiger partial charge >= 0.3 is 0 Å². The molecule has 0 aliphatic heterocycles. The van der Waals surface area contributed by atoms with Gasteiger partial charge in [0, 0.05) is 19.7 Å². The summed E-state index contributed by atoms with van der Waals surface area (Å²) in [7, 11) is 1.60. The monoisotopic (exact) mass is 370 g/mol. The van der Waals surface area contributed by atoms with Gasteiger partial charge in [0.2, 0.25) is 11.0 Å². The summed E-state index contributed by atoms with van der Waals surface area (Å²) in [5.74, 6) is -0.0484. The fraction of sp³-hybridized carbons (Fsp3) is 0.400. The van der Waals surface area contributed by atoms with Crippen molar-refractivity contribution in [1.29, 1.82) is 0 Å². The zero-order chi connectivity index (χ0) is 17.4. The Morgan fingerprint density at radius 2 is 2.12 bits per heavy atom. The zero-order valence-corrected chi connectivity index (χ0v) is 15.0. The predicted octanol–water partition coefficient (Wildman–Crippen LogP) is 2.53. The molecule has 0 bridgehead atoms. The first-order chi connectivity index (χ1) is 11.6. The molecule has 24 heavy (non-hydrogen) atoms. The molecule has 0 aliphatic carbocycles. The maximum atomic E-state index is 12.8. The third kappa shape index (κ3) is 6.42. The Kier molecular flexibility index (Phi) is 7.41. The summed E-state index contributed by atoms with van der Waals surface area (Å²) in [6.07, 6.45) is 0. The highest BCUT2D eigenvalue weighted by molar-refractivity contribution is 8.01. The minimum Gasteiger partial charge on any atom is -0.383 e. The molecule has 9 heteroatoms. The molecule has 2 aromatic rings. The van der Waals surface area contributed by atoms with Crippen LogP contribution in [-0.2, 0) is 16.1 Å². The number of benzene rings is 1. The van der Waals surface area contributed by atoms with Crippen molar-refractivity contribution >= 4 is 34.1 Å². The smallest absolute Gasteiger partial charge is 0.230 e. The lowest BCUT2D eigenvalue weighted by molar-refractivity contribution is -0.119. The minimum atomic E-state index is -0.258. The van der Waals surface area contributed by atoms with E-state index in [1.807, 2.05) is 6.92 Å². The van der Waals surface area contributed by atoms with Gasteiger partial charge in [-0.3, -0.25) is 4.79 Å². The first-order valence-electron chi connectivity index (χ1n) is 7.29. The Labute approximate surface area is 148 Å². The van der Waals surface area contributed by atoms with E-state index in [-0.39, 0.29) is 23.5 Å². The Morgan fingerprint density at radius 1 is 1.38 bits per heavy atom. The van der Waals surface area contributed by atoms with E-state index in [1.165, 1.54) is 35.2 Å². The number of nitrogens with one attached hydrogen (secondary N) is 2. The van der Waals surface area contributed by atoms with Crippen LogP contribution in [0.4, 0.5) is 9.52 Å². The van der Waals surface area contributed by atoms with Crippen LogP contribution in [0.5, 0.6) is 0 Å². The van der Waals surface area contributed by atoms with Crippen LogP contribution >= 0.6 is 23.1 Å². The average Bonchev–Trinajstić information content (AvgIpc) is 3.00. The predicted molar refractivity (Wildman–Crippen MR) is 93.8 cm³/mol. The van der Waals surface area contributed by atoms with Gasteiger partial charge in [0.1, 0.15) is 5.82 Å². The number of amides is 1. The number of hydrogen-bond acceptors (Lipinski definition) is 7. The number of methoxy groups -OCH3 is 1. The van der Waals surface area contributed by atoms with Crippen LogP contribution in [0.25, 0.3) is 0 Å². The van der Waals surface area contributed by atoms with E-state index in [1.54, 1.807) is 19.2 Å². The van der Waals surface area contributed by atoms with Crippen LogP contribution in [0.2, 0.25) is 0 Å². The van der Waals surface area contributed by atoms with Crippen molar-refractivity contribution < 1.29 is 13.9 Å². The number of rotatable bonds is 9. The Morgan fingerprint density at radius 3 is 2.83 bits per heavy atom. The van der Waals surface area contributed by atoms with E-state index < -0.39 is 0 Å². The van der Waals surface area contributed by atoms with E-state index in [2.05, 4.69) is 20.8 Å². The molecule has 0 aliphatic rings.